The van der Waals surface area contributed by atoms with Gasteiger partial charge in [0.05, 0.1) is 41.0 Å². The van der Waals surface area contributed by atoms with Crippen molar-refractivity contribution in [2.45, 2.75) is 63.1 Å². The number of pyridine rings is 1. The molecule has 1 unspecified atom stereocenters. The zero-order valence-electron chi connectivity index (χ0n) is 26.5. The molecule has 1 aromatic heterocycles. The summed E-state index contributed by atoms with van der Waals surface area (Å²) in [6.45, 7) is 7.36. The normalized spacial score (nSPS) is 22.2. The molecule has 3 aromatic rings. The molecule has 2 aliphatic heterocycles. The van der Waals surface area contributed by atoms with Crippen molar-refractivity contribution in [3.63, 3.8) is 0 Å². The van der Waals surface area contributed by atoms with E-state index < -0.39 is 8.07 Å². The van der Waals surface area contributed by atoms with E-state index in [1.54, 1.807) is 37.1 Å². The first-order chi connectivity index (χ1) is 21.1. The molecular weight excluding hydrogens is 576 g/mol. The number of aliphatic hydroxyl groups excluding tert-OH is 1. The summed E-state index contributed by atoms with van der Waals surface area (Å²) in [5, 5.41) is 11.2. The number of amides is 1. The van der Waals surface area contributed by atoms with Gasteiger partial charge in [-0.1, -0.05) is 37.3 Å². The Balaban J connectivity index is 1.54. The minimum absolute atomic E-state index is 0.0239. The van der Waals surface area contributed by atoms with Crippen molar-refractivity contribution < 1.29 is 28.8 Å². The van der Waals surface area contributed by atoms with Crippen molar-refractivity contribution in [2.24, 2.45) is 5.92 Å². The lowest BCUT2D eigenvalue weighted by atomic mass is 9.86. The number of ether oxygens (including phenoxy) is 4. The molecule has 1 fully saturated rings. The lowest BCUT2D eigenvalue weighted by molar-refractivity contribution is -0.133. The van der Waals surface area contributed by atoms with E-state index in [1.165, 1.54) is 12.3 Å². The predicted molar refractivity (Wildman–Crippen MR) is 172 cm³/mol. The van der Waals surface area contributed by atoms with Gasteiger partial charge in [0, 0.05) is 49.0 Å². The Kier molecular flexibility index (Phi) is 9.53. The standard InChI is InChI=1S/C34H44N2O7Si/c1-22-32(42-4)27-19-23(36-18-8-10-29(41-3)34(36)39)11-16-28(27)43-33(22)30(20-31(38)35-17-7-9-24(35)21-37)44(5,6)26-14-12-25(40-2)13-15-26/h8,10-16,18-19,22,24,30,32-33,37H,7,9,17,20-21H2,1-6H3/t22-,24-,30?,32-,33-/m0/s1. The van der Waals surface area contributed by atoms with Crippen LogP contribution in [0.5, 0.6) is 17.2 Å². The maximum absolute atomic E-state index is 13.9. The van der Waals surface area contributed by atoms with E-state index in [1.807, 2.05) is 35.2 Å². The number of rotatable bonds is 10. The zero-order valence-corrected chi connectivity index (χ0v) is 27.5. The number of benzene rings is 2. The molecule has 2 aliphatic rings. The quantitative estimate of drug-likeness (QED) is 0.338. The van der Waals surface area contributed by atoms with Crippen LogP contribution in [-0.4, -0.2) is 75.2 Å². The molecule has 0 spiro atoms. The molecule has 2 aromatic carbocycles. The van der Waals surface area contributed by atoms with Gasteiger partial charge in [-0.3, -0.25) is 14.2 Å². The number of carbonyl (C=O) groups is 1. The third-order valence-electron chi connectivity index (χ3n) is 9.68. The molecule has 1 N–H and O–H groups in total. The van der Waals surface area contributed by atoms with Crippen molar-refractivity contribution >= 4 is 19.2 Å². The van der Waals surface area contributed by atoms with Gasteiger partial charge < -0.3 is 29.0 Å². The van der Waals surface area contributed by atoms with Crippen LogP contribution in [0.3, 0.4) is 0 Å². The molecule has 1 saturated heterocycles. The molecule has 5 rings (SSSR count). The molecule has 0 saturated carbocycles. The summed E-state index contributed by atoms with van der Waals surface area (Å²) < 4.78 is 25.2. The van der Waals surface area contributed by atoms with Gasteiger partial charge in [-0.25, -0.2) is 0 Å². The van der Waals surface area contributed by atoms with E-state index in [0.717, 1.165) is 24.2 Å². The van der Waals surface area contributed by atoms with Gasteiger partial charge in [0.1, 0.15) is 17.6 Å². The third-order valence-corrected chi connectivity index (χ3v) is 13.9. The van der Waals surface area contributed by atoms with Crippen LogP contribution >= 0.6 is 0 Å². The molecule has 3 heterocycles. The van der Waals surface area contributed by atoms with Gasteiger partial charge in [0.2, 0.25) is 5.91 Å². The van der Waals surface area contributed by atoms with E-state index in [-0.39, 0.29) is 53.5 Å². The van der Waals surface area contributed by atoms with E-state index in [4.69, 9.17) is 18.9 Å². The Morgan fingerprint density at radius 2 is 1.84 bits per heavy atom. The van der Waals surface area contributed by atoms with Crippen molar-refractivity contribution in [1.82, 2.24) is 9.47 Å². The predicted octanol–water partition coefficient (Wildman–Crippen LogP) is 4.30. The SMILES string of the molecule is COc1ccc([Si](C)(C)C(CC(=O)N2CCC[C@H]2CO)[C@H]2Oc3ccc(-n4cccc(OC)c4=O)cc3[C@@H](OC)[C@@H]2C)cc1. The minimum atomic E-state index is -2.37. The van der Waals surface area contributed by atoms with Crippen molar-refractivity contribution in [1.29, 1.82) is 0 Å². The summed E-state index contributed by atoms with van der Waals surface area (Å²) in [6.07, 6.45) is 3.13. The summed E-state index contributed by atoms with van der Waals surface area (Å²) in [7, 11) is 2.46. The molecule has 1 amide bonds. The van der Waals surface area contributed by atoms with Gasteiger partial charge in [0.25, 0.3) is 5.56 Å². The van der Waals surface area contributed by atoms with Crippen molar-refractivity contribution in [2.75, 3.05) is 34.5 Å². The van der Waals surface area contributed by atoms with Crippen LogP contribution in [0.2, 0.25) is 18.6 Å². The van der Waals surface area contributed by atoms with Crippen LogP contribution in [0.15, 0.2) is 65.6 Å². The molecule has 0 radical (unpaired) electrons. The fourth-order valence-corrected chi connectivity index (χ4v) is 10.4. The fourth-order valence-electron chi connectivity index (χ4n) is 7.02. The maximum atomic E-state index is 13.9. The second-order valence-corrected chi connectivity index (χ2v) is 17.2. The molecule has 10 heteroatoms. The first kappa shape index (κ1) is 31.8. The topological polar surface area (TPSA) is 99.5 Å². The number of aromatic nitrogens is 1. The lowest BCUT2D eigenvalue weighted by Gasteiger charge is -2.46. The molecule has 9 nitrogen and oxygen atoms in total. The second-order valence-electron chi connectivity index (χ2n) is 12.4. The first-order valence-corrected chi connectivity index (χ1v) is 18.4. The third kappa shape index (κ3) is 5.90. The largest absolute Gasteiger partial charge is 0.497 e. The van der Waals surface area contributed by atoms with Crippen LogP contribution in [-0.2, 0) is 9.53 Å². The minimum Gasteiger partial charge on any atom is -0.497 e. The van der Waals surface area contributed by atoms with E-state index in [2.05, 4.69) is 32.2 Å². The Morgan fingerprint density at radius 3 is 2.50 bits per heavy atom. The fraction of sp³-hybridized carbons (Fsp3) is 0.471. The molecular formula is C34H44N2O7Si. The van der Waals surface area contributed by atoms with E-state index >= 15 is 0 Å². The average Bonchev–Trinajstić information content (AvgIpc) is 3.53. The number of hydrogen-bond acceptors (Lipinski definition) is 7. The van der Waals surface area contributed by atoms with Crippen LogP contribution < -0.4 is 25.0 Å². The van der Waals surface area contributed by atoms with Crippen LogP contribution in [0.4, 0.5) is 0 Å². The number of carbonyl (C=O) groups excluding carboxylic acids is 1. The first-order valence-electron chi connectivity index (χ1n) is 15.3. The summed E-state index contributed by atoms with van der Waals surface area (Å²) in [4.78, 5) is 28.8. The Labute approximate surface area is 260 Å². The van der Waals surface area contributed by atoms with Crippen molar-refractivity contribution in [3.05, 3.63) is 76.7 Å². The van der Waals surface area contributed by atoms with E-state index in [9.17, 15) is 14.7 Å². The Morgan fingerprint density at radius 1 is 1.09 bits per heavy atom. The zero-order chi connectivity index (χ0) is 31.6. The summed E-state index contributed by atoms with van der Waals surface area (Å²) in [5.74, 6) is 1.70. The van der Waals surface area contributed by atoms with Gasteiger partial charge in [-0.15, -0.1) is 0 Å². The highest BCUT2D eigenvalue weighted by Gasteiger charge is 2.49. The van der Waals surface area contributed by atoms with Gasteiger partial charge in [-0.05, 0) is 55.3 Å². The lowest BCUT2D eigenvalue weighted by Crippen LogP contribution is -2.55. The average molecular weight is 621 g/mol. The molecule has 5 atom stereocenters. The highest BCUT2D eigenvalue weighted by atomic mass is 28.3. The summed E-state index contributed by atoms with van der Waals surface area (Å²) in [6, 6.07) is 17.2. The summed E-state index contributed by atoms with van der Waals surface area (Å²) >= 11 is 0. The number of likely N-dealkylation sites (tertiary alicyclic amines) is 1. The monoisotopic (exact) mass is 620 g/mol. The molecule has 44 heavy (non-hydrogen) atoms. The number of aliphatic hydroxyl groups is 1. The molecule has 236 valence electrons. The van der Waals surface area contributed by atoms with E-state index in [0.29, 0.717) is 24.4 Å². The highest BCUT2D eigenvalue weighted by Crippen LogP contribution is 2.47. The molecule has 0 bridgehead atoms. The number of nitrogens with zero attached hydrogens (tertiary/aromatic N) is 2. The second kappa shape index (κ2) is 13.2. The Hall–Kier alpha value is -3.60. The van der Waals surface area contributed by atoms with Crippen LogP contribution in [0.25, 0.3) is 5.69 Å². The smallest absolute Gasteiger partial charge is 0.297 e. The van der Waals surface area contributed by atoms with Gasteiger partial charge in [0.15, 0.2) is 5.75 Å². The number of methoxy groups -OCH3 is 3. The van der Waals surface area contributed by atoms with Crippen LogP contribution in [0, 0.1) is 5.92 Å². The summed E-state index contributed by atoms with van der Waals surface area (Å²) in [5.41, 5.74) is 1.20. The molecule has 0 aliphatic carbocycles. The Bertz CT molecular complexity index is 1520. The number of hydrogen-bond donors (Lipinski definition) is 1. The number of fused-ring (bicyclic) bond motifs is 1. The van der Waals surface area contributed by atoms with Gasteiger partial charge in [-0.2, -0.15) is 0 Å². The maximum Gasteiger partial charge on any atom is 0.297 e. The van der Waals surface area contributed by atoms with Crippen molar-refractivity contribution in [3.8, 4) is 22.9 Å². The van der Waals surface area contributed by atoms with Gasteiger partial charge >= 0.3 is 0 Å². The highest BCUT2D eigenvalue weighted by molar-refractivity contribution is 6.91. The van der Waals surface area contributed by atoms with Crippen LogP contribution in [0.1, 0.15) is 37.9 Å².